The maximum atomic E-state index is 12.1. The Morgan fingerprint density at radius 1 is 1.65 bits per heavy atom. The molecule has 0 saturated carbocycles. The smallest absolute Gasteiger partial charge is 0.223 e. The average Bonchev–Trinajstić information content (AvgIpc) is 2.99. The molecule has 1 atom stereocenters. The minimum absolute atomic E-state index is 0.316. The number of nitrogens with one attached hydrogen (secondary N) is 1. The van der Waals surface area contributed by atoms with Gasteiger partial charge in [-0.15, -0.1) is 11.3 Å². The predicted octanol–water partition coefficient (Wildman–Crippen LogP) is 2.41. The standard InChI is InChI=1S/C13H20N2OS/c1-14-8-2-7-13(16)15-9-3-5-11(15)12-6-4-10-17-12/h4,6,10-11,14H,2-3,5,7-9H2,1H3. The molecule has 0 aliphatic carbocycles. The van der Waals surface area contributed by atoms with Crippen molar-refractivity contribution in [1.82, 2.24) is 10.2 Å². The molecular weight excluding hydrogens is 232 g/mol. The molecule has 4 heteroatoms. The molecule has 2 rings (SSSR count). The fourth-order valence-corrected chi connectivity index (χ4v) is 3.28. The Hall–Kier alpha value is -0.870. The summed E-state index contributed by atoms with van der Waals surface area (Å²) >= 11 is 1.76. The second kappa shape index (κ2) is 6.17. The second-order valence-electron chi connectivity index (χ2n) is 4.47. The lowest BCUT2D eigenvalue weighted by Gasteiger charge is -2.24. The van der Waals surface area contributed by atoms with E-state index in [9.17, 15) is 4.79 Å². The second-order valence-corrected chi connectivity index (χ2v) is 5.45. The molecule has 17 heavy (non-hydrogen) atoms. The van der Waals surface area contributed by atoms with Crippen LogP contribution < -0.4 is 5.32 Å². The number of likely N-dealkylation sites (tertiary alicyclic amines) is 1. The van der Waals surface area contributed by atoms with Crippen LogP contribution >= 0.6 is 11.3 Å². The summed E-state index contributed by atoms with van der Waals surface area (Å²) in [6, 6.07) is 4.56. The van der Waals surface area contributed by atoms with Crippen LogP contribution in [0.2, 0.25) is 0 Å². The molecule has 1 aromatic heterocycles. The van der Waals surface area contributed by atoms with Gasteiger partial charge in [0.15, 0.2) is 0 Å². The van der Waals surface area contributed by atoms with Gasteiger partial charge >= 0.3 is 0 Å². The summed E-state index contributed by atoms with van der Waals surface area (Å²) in [4.78, 5) is 15.5. The molecule has 94 valence electrons. The zero-order valence-electron chi connectivity index (χ0n) is 10.3. The molecule has 1 fully saturated rings. The Balaban J connectivity index is 1.93. The van der Waals surface area contributed by atoms with Crippen LogP contribution in [0, 0.1) is 0 Å². The minimum atomic E-state index is 0.316. The average molecular weight is 252 g/mol. The van der Waals surface area contributed by atoms with E-state index in [1.807, 2.05) is 7.05 Å². The molecule has 1 aliphatic rings. The summed E-state index contributed by atoms with van der Waals surface area (Å²) < 4.78 is 0. The summed E-state index contributed by atoms with van der Waals surface area (Å²) in [5.41, 5.74) is 0. The third kappa shape index (κ3) is 3.07. The van der Waals surface area contributed by atoms with Crippen molar-refractivity contribution >= 4 is 17.2 Å². The van der Waals surface area contributed by atoms with Crippen LogP contribution in [0.15, 0.2) is 17.5 Å². The van der Waals surface area contributed by atoms with Gasteiger partial charge in [-0.25, -0.2) is 0 Å². The first-order valence-corrected chi connectivity index (χ1v) is 7.18. The van der Waals surface area contributed by atoms with E-state index in [1.165, 1.54) is 4.88 Å². The van der Waals surface area contributed by atoms with Gasteiger partial charge in [0.25, 0.3) is 0 Å². The molecule has 0 radical (unpaired) electrons. The van der Waals surface area contributed by atoms with E-state index in [0.29, 0.717) is 18.4 Å². The number of thiophene rings is 1. The van der Waals surface area contributed by atoms with Crippen molar-refractivity contribution in [3.05, 3.63) is 22.4 Å². The maximum Gasteiger partial charge on any atom is 0.223 e. The molecule has 0 bridgehead atoms. The van der Waals surface area contributed by atoms with Crippen LogP contribution in [0.3, 0.4) is 0 Å². The lowest BCUT2D eigenvalue weighted by atomic mass is 10.1. The fourth-order valence-electron chi connectivity index (χ4n) is 2.40. The van der Waals surface area contributed by atoms with Crippen molar-refractivity contribution in [3.8, 4) is 0 Å². The van der Waals surface area contributed by atoms with E-state index < -0.39 is 0 Å². The fraction of sp³-hybridized carbons (Fsp3) is 0.615. The molecule has 1 aliphatic heterocycles. The van der Waals surface area contributed by atoms with Gasteiger partial charge in [0.2, 0.25) is 5.91 Å². The van der Waals surface area contributed by atoms with E-state index in [-0.39, 0.29) is 0 Å². The summed E-state index contributed by atoms with van der Waals surface area (Å²) in [6.07, 6.45) is 3.87. The largest absolute Gasteiger partial charge is 0.335 e. The number of carbonyl (C=O) groups excluding carboxylic acids is 1. The van der Waals surface area contributed by atoms with Crippen LogP contribution in [0.25, 0.3) is 0 Å². The normalized spacial score (nSPS) is 19.8. The van der Waals surface area contributed by atoms with Crippen molar-refractivity contribution in [3.63, 3.8) is 0 Å². The van der Waals surface area contributed by atoms with Gasteiger partial charge in [0.05, 0.1) is 6.04 Å². The quantitative estimate of drug-likeness (QED) is 0.816. The number of carbonyl (C=O) groups is 1. The summed E-state index contributed by atoms with van der Waals surface area (Å²) in [5, 5.41) is 5.18. The zero-order valence-corrected chi connectivity index (χ0v) is 11.1. The summed E-state index contributed by atoms with van der Waals surface area (Å²) in [5.74, 6) is 0.316. The van der Waals surface area contributed by atoms with Gasteiger partial charge < -0.3 is 10.2 Å². The van der Waals surface area contributed by atoms with Crippen LogP contribution in [0.1, 0.15) is 36.6 Å². The highest BCUT2D eigenvalue weighted by molar-refractivity contribution is 7.10. The maximum absolute atomic E-state index is 12.1. The molecule has 1 amide bonds. The van der Waals surface area contributed by atoms with E-state index in [4.69, 9.17) is 0 Å². The first-order valence-electron chi connectivity index (χ1n) is 6.30. The number of amides is 1. The van der Waals surface area contributed by atoms with Crippen molar-refractivity contribution in [2.24, 2.45) is 0 Å². The van der Waals surface area contributed by atoms with Gasteiger partial charge in [-0.2, -0.15) is 0 Å². The molecule has 0 spiro atoms. The zero-order chi connectivity index (χ0) is 12.1. The predicted molar refractivity (Wildman–Crippen MR) is 71.2 cm³/mol. The Kier molecular flexibility index (Phi) is 4.57. The molecule has 1 unspecified atom stereocenters. The molecule has 1 saturated heterocycles. The van der Waals surface area contributed by atoms with Crippen LogP contribution in [-0.2, 0) is 4.79 Å². The van der Waals surface area contributed by atoms with Gasteiger partial charge in [-0.1, -0.05) is 6.07 Å². The van der Waals surface area contributed by atoms with Crippen molar-refractivity contribution in [2.45, 2.75) is 31.7 Å². The lowest BCUT2D eigenvalue weighted by Crippen LogP contribution is -2.30. The third-order valence-corrected chi connectivity index (χ3v) is 4.24. The Labute approximate surface area is 107 Å². The number of rotatable bonds is 5. The SMILES string of the molecule is CNCCCC(=O)N1CCCC1c1cccs1. The van der Waals surface area contributed by atoms with Gasteiger partial charge in [0.1, 0.15) is 0 Å². The Morgan fingerprint density at radius 3 is 3.24 bits per heavy atom. The van der Waals surface area contributed by atoms with Crippen LogP contribution in [0.4, 0.5) is 0 Å². The number of hydrogen-bond donors (Lipinski definition) is 1. The summed E-state index contributed by atoms with van der Waals surface area (Å²) in [6.45, 7) is 1.85. The third-order valence-electron chi connectivity index (χ3n) is 3.26. The highest BCUT2D eigenvalue weighted by atomic mass is 32.1. The first-order chi connectivity index (χ1) is 8.33. The van der Waals surface area contributed by atoms with Gasteiger partial charge in [-0.05, 0) is 44.3 Å². The summed E-state index contributed by atoms with van der Waals surface area (Å²) in [7, 11) is 1.93. The van der Waals surface area contributed by atoms with Crippen molar-refractivity contribution in [1.29, 1.82) is 0 Å². The highest BCUT2D eigenvalue weighted by Crippen LogP contribution is 2.34. The number of nitrogens with zero attached hydrogens (tertiary/aromatic N) is 1. The number of hydrogen-bond acceptors (Lipinski definition) is 3. The molecule has 2 heterocycles. The molecule has 3 nitrogen and oxygen atoms in total. The topological polar surface area (TPSA) is 32.3 Å². The molecule has 0 aromatic carbocycles. The lowest BCUT2D eigenvalue weighted by molar-refractivity contribution is -0.132. The van der Waals surface area contributed by atoms with Crippen molar-refractivity contribution < 1.29 is 4.79 Å². The van der Waals surface area contributed by atoms with Crippen LogP contribution in [-0.4, -0.2) is 30.9 Å². The Bertz CT molecular complexity index is 350. The molecular formula is C13H20N2OS. The van der Waals surface area contributed by atoms with Crippen molar-refractivity contribution in [2.75, 3.05) is 20.1 Å². The van der Waals surface area contributed by atoms with Gasteiger partial charge in [0, 0.05) is 17.8 Å². The van der Waals surface area contributed by atoms with E-state index >= 15 is 0 Å². The Morgan fingerprint density at radius 2 is 2.53 bits per heavy atom. The van der Waals surface area contributed by atoms with E-state index in [1.54, 1.807) is 11.3 Å². The molecule has 1 N–H and O–H groups in total. The highest BCUT2D eigenvalue weighted by Gasteiger charge is 2.29. The van der Waals surface area contributed by atoms with E-state index in [0.717, 1.165) is 32.4 Å². The van der Waals surface area contributed by atoms with E-state index in [2.05, 4.69) is 27.7 Å². The molecule has 1 aromatic rings. The monoisotopic (exact) mass is 252 g/mol. The minimum Gasteiger partial charge on any atom is -0.335 e. The first kappa shape index (κ1) is 12.6. The van der Waals surface area contributed by atoms with Crippen LogP contribution in [0.5, 0.6) is 0 Å². The van der Waals surface area contributed by atoms with Gasteiger partial charge in [-0.3, -0.25) is 4.79 Å².